The summed E-state index contributed by atoms with van der Waals surface area (Å²) in [4.78, 5) is 24.9. The molecule has 1 heterocycles. The van der Waals surface area contributed by atoms with E-state index in [4.69, 9.17) is 9.47 Å². The molecule has 0 bridgehead atoms. The number of alkyl carbamates (subject to hydrolysis) is 1. The van der Waals surface area contributed by atoms with Gasteiger partial charge < -0.3 is 19.4 Å². The third-order valence-corrected chi connectivity index (χ3v) is 5.35. The molecule has 6 nitrogen and oxygen atoms in total. The molecular weight excluding hydrogens is 368 g/mol. The van der Waals surface area contributed by atoms with Gasteiger partial charge in [0, 0.05) is 29.6 Å². The van der Waals surface area contributed by atoms with Gasteiger partial charge >= 0.3 is 12.1 Å². The number of hydrogen-bond acceptors (Lipinski definition) is 4. The van der Waals surface area contributed by atoms with Crippen LogP contribution in [0.4, 0.5) is 4.79 Å². The second-order valence-electron chi connectivity index (χ2n) is 7.07. The number of carbonyl (C=O) groups excluding carboxylic acids is 2. The fraction of sp³-hybridized carbons (Fsp3) is 0.304. The monoisotopic (exact) mass is 394 g/mol. The minimum Gasteiger partial charge on any atom is -0.467 e. The van der Waals surface area contributed by atoms with Gasteiger partial charge in [-0.25, -0.2) is 9.59 Å². The van der Waals surface area contributed by atoms with E-state index < -0.39 is 18.1 Å². The van der Waals surface area contributed by atoms with Crippen molar-refractivity contribution in [1.29, 1.82) is 0 Å². The van der Waals surface area contributed by atoms with E-state index in [9.17, 15) is 9.59 Å². The molecule has 0 aliphatic heterocycles. The maximum Gasteiger partial charge on any atom is 0.408 e. The number of nitrogens with zero attached hydrogens (tertiary/aromatic N) is 1. The van der Waals surface area contributed by atoms with E-state index >= 15 is 0 Å². The van der Waals surface area contributed by atoms with Crippen LogP contribution >= 0.6 is 0 Å². The smallest absolute Gasteiger partial charge is 0.408 e. The molecule has 1 N–H and O–H groups in total. The quantitative estimate of drug-likeness (QED) is 0.640. The Kier molecular flexibility index (Phi) is 6.22. The third-order valence-electron chi connectivity index (χ3n) is 5.35. The lowest BCUT2D eigenvalue weighted by Crippen LogP contribution is -2.45. The maximum atomic E-state index is 12.5. The van der Waals surface area contributed by atoms with Crippen molar-refractivity contribution in [2.75, 3.05) is 7.11 Å². The molecule has 1 amide bonds. The molecule has 0 unspecified atom stereocenters. The first-order valence-corrected chi connectivity index (χ1v) is 9.53. The van der Waals surface area contributed by atoms with Crippen molar-refractivity contribution in [3.05, 3.63) is 71.4 Å². The number of para-hydroxylation sites is 1. The van der Waals surface area contributed by atoms with Crippen LogP contribution < -0.4 is 5.32 Å². The highest BCUT2D eigenvalue weighted by Crippen LogP contribution is 2.33. The SMILES string of the molecule is COC(=O)[C@H](NC(=O)OCc1ccccc1)[C@H](C)c1c(C)n(C)c2ccccc12. The van der Waals surface area contributed by atoms with E-state index in [0.29, 0.717) is 0 Å². The molecule has 152 valence electrons. The second-order valence-corrected chi connectivity index (χ2v) is 7.07. The molecule has 0 saturated heterocycles. The number of esters is 1. The number of hydrogen-bond donors (Lipinski definition) is 1. The first kappa shape index (κ1) is 20.5. The molecular formula is C23H26N2O4. The third kappa shape index (κ3) is 4.26. The molecule has 0 spiro atoms. The average Bonchev–Trinajstić information content (AvgIpc) is 3.00. The summed E-state index contributed by atoms with van der Waals surface area (Å²) in [6.45, 7) is 4.05. The molecule has 2 atom stereocenters. The molecule has 0 saturated carbocycles. The first-order valence-electron chi connectivity index (χ1n) is 9.53. The predicted octanol–water partition coefficient (Wildman–Crippen LogP) is 4.06. The Bertz CT molecular complexity index is 1010. The summed E-state index contributed by atoms with van der Waals surface area (Å²) in [5, 5.41) is 3.74. The molecule has 6 heteroatoms. The van der Waals surface area contributed by atoms with Crippen LogP contribution in [-0.4, -0.2) is 29.8 Å². The number of carbonyl (C=O) groups is 2. The van der Waals surface area contributed by atoms with Crippen molar-refractivity contribution in [2.24, 2.45) is 7.05 Å². The molecule has 29 heavy (non-hydrogen) atoms. The van der Waals surface area contributed by atoms with Crippen LogP contribution in [0.1, 0.15) is 29.7 Å². The van der Waals surface area contributed by atoms with E-state index in [0.717, 1.165) is 27.7 Å². The van der Waals surface area contributed by atoms with Gasteiger partial charge in [-0.15, -0.1) is 0 Å². The fourth-order valence-corrected chi connectivity index (χ4v) is 3.70. The van der Waals surface area contributed by atoms with Crippen LogP contribution in [0.25, 0.3) is 10.9 Å². The van der Waals surface area contributed by atoms with Gasteiger partial charge in [-0.1, -0.05) is 55.5 Å². The number of fused-ring (bicyclic) bond motifs is 1. The maximum absolute atomic E-state index is 12.5. The summed E-state index contributed by atoms with van der Waals surface area (Å²) >= 11 is 0. The zero-order valence-electron chi connectivity index (χ0n) is 17.1. The van der Waals surface area contributed by atoms with Crippen molar-refractivity contribution >= 4 is 23.0 Å². The van der Waals surface area contributed by atoms with Crippen LogP contribution in [0.3, 0.4) is 0 Å². The Morgan fingerprint density at radius 3 is 2.41 bits per heavy atom. The Balaban J connectivity index is 1.83. The molecule has 0 radical (unpaired) electrons. The summed E-state index contributed by atoms with van der Waals surface area (Å²) < 4.78 is 12.3. The van der Waals surface area contributed by atoms with Crippen molar-refractivity contribution < 1.29 is 19.1 Å². The van der Waals surface area contributed by atoms with Gasteiger partial charge in [0.2, 0.25) is 0 Å². The number of ether oxygens (including phenoxy) is 2. The van der Waals surface area contributed by atoms with Crippen molar-refractivity contribution in [3.63, 3.8) is 0 Å². The summed E-state index contributed by atoms with van der Waals surface area (Å²) in [5.41, 5.74) is 3.98. The second kappa shape index (κ2) is 8.82. The number of aromatic nitrogens is 1. The van der Waals surface area contributed by atoms with Crippen molar-refractivity contribution in [1.82, 2.24) is 9.88 Å². The van der Waals surface area contributed by atoms with Gasteiger partial charge in [0.1, 0.15) is 12.6 Å². The number of nitrogens with one attached hydrogen (secondary N) is 1. The van der Waals surface area contributed by atoms with Gasteiger partial charge in [-0.3, -0.25) is 0 Å². The average molecular weight is 394 g/mol. The van der Waals surface area contributed by atoms with Gasteiger partial charge in [-0.2, -0.15) is 0 Å². The van der Waals surface area contributed by atoms with Crippen LogP contribution in [0, 0.1) is 6.92 Å². The number of rotatable bonds is 6. The van der Waals surface area contributed by atoms with Gasteiger partial charge in [0.25, 0.3) is 0 Å². The van der Waals surface area contributed by atoms with Crippen molar-refractivity contribution in [3.8, 4) is 0 Å². The molecule has 0 fully saturated rings. The fourth-order valence-electron chi connectivity index (χ4n) is 3.70. The van der Waals surface area contributed by atoms with Crippen LogP contribution in [0.2, 0.25) is 0 Å². The van der Waals surface area contributed by atoms with E-state index in [1.165, 1.54) is 7.11 Å². The molecule has 0 aliphatic carbocycles. The first-order chi connectivity index (χ1) is 13.9. The van der Waals surface area contributed by atoms with Crippen molar-refractivity contribution in [2.45, 2.75) is 32.4 Å². The lowest BCUT2D eigenvalue weighted by Gasteiger charge is -2.23. The number of methoxy groups -OCH3 is 1. The zero-order chi connectivity index (χ0) is 21.0. The Hall–Kier alpha value is -3.28. The van der Waals surface area contributed by atoms with E-state index in [1.807, 2.05) is 75.5 Å². The van der Waals surface area contributed by atoms with Gasteiger partial charge in [0.15, 0.2) is 0 Å². The molecule has 1 aromatic heterocycles. The van der Waals surface area contributed by atoms with Gasteiger partial charge in [-0.05, 0) is 24.1 Å². The van der Waals surface area contributed by atoms with Gasteiger partial charge in [0.05, 0.1) is 7.11 Å². The molecule has 3 aromatic rings. The van der Waals surface area contributed by atoms with Crippen LogP contribution in [0.15, 0.2) is 54.6 Å². The Morgan fingerprint density at radius 2 is 1.72 bits per heavy atom. The number of amides is 1. The normalized spacial score (nSPS) is 13.0. The number of benzene rings is 2. The minimum atomic E-state index is -0.868. The summed E-state index contributed by atoms with van der Waals surface area (Å²) in [5.74, 6) is -0.820. The Morgan fingerprint density at radius 1 is 1.07 bits per heavy atom. The summed E-state index contributed by atoms with van der Waals surface area (Å²) in [6.07, 6.45) is -0.658. The summed E-state index contributed by atoms with van der Waals surface area (Å²) in [6, 6.07) is 16.5. The highest BCUT2D eigenvalue weighted by molar-refractivity contribution is 5.88. The largest absolute Gasteiger partial charge is 0.467 e. The Labute approximate surface area is 170 Å². The van der Waals surface area contributed by atoms with E-state index in [-0.39, 0.29) is 12.5 Å². The topological polar surface area (TPSA) is 69.6 Å². The van der Waals surface area contributed by atoms with Crippen LogP contribution in [0.5, 0.6) is 0 Å². The lowest BCUT2D eigenvalue weighted by atomic mass is 9.91. The van der Waals surface area contributed by atoms with E-state index in [2.05, 4.69) is 9.88 Å². The van der Waals surface area contributed by atoms with E-state index in [1.54, 1.807) is 0 Å². The predicted molar refractivity (Wildman–Crippen MR) is 112 cm³/mol. The standard InChI is InChI=1S/C23H26N2O4/c1-15(20-16(2)25(3)19-13-9-8-12-18(19)20)21(22(26)28-4)24-23(27)29-14-17-10-6-5-7-11-17/h5-13,15,21H,14H2,1-4H3,(H,24,27)/t15-,21-/m1/s1. The summed E-state index contributed by atoms with van der Waals surface area (Å²) in [7, 11) is 3.30. The molecule has 2 aromatic carbocycles. The molecule has 0 aliphatic rings. The highest BCUT2D eigenvalue weighted by atomic mass is 16.6. The number of aryl methyl sites for hydroxylation is 1. The molecule has 3 rings (SSSR count). The minimum absolute atomic E-state index is 0.127. The highest BCUT2D eigenvalue weighted by Gasteiger charge is 2.32. The zero-order valence-corrected chi connectivity index (χ0v) is 17.1. The lowest BCUT2D eigenvalue weighted by molar-refractivity contribution is -0.143. The van der Waals surface area contributed by atoms with Crippen LogP contribution in [-0.2, 0) is 27.9 Å².